The molecule has 3 rings (SSSR count). The molecule has 100 valence electrons. The zero-order chi connectivity index (χ0) is 12.8. The highest BCUT2D eigenvalue weighted by molar-refractivity contribution is 5.89. The molecule has 3 fully saturated rings. The molecule has 0 aromatic carbocycles. The minimum Gasteiger partial charge on any atom is -0.480 e. The van der Waals surface area contributed by atoms with Crippen molar-refractivity contribution in [3.05, 3.63) is 0 Å². The van der Waals surface area contributed by atoms with Crippen molar-refractivity contribution in [2.45, 2.75) is 63.8 Å². The van der Waals surface area contributed by atoms with Gasteiger partial charge in [-0.2, -0.15) is 0 Å². The van der Waals surface area contributed by atoms with E-state index in [9.17, 15) is 14.7 Å². The molecule has 18 heavy (non-hydrogen) atoms. The fourth-order valence-corrected chi connectivity index (χ4v) is 4.48. The minimum atomic E-state index is -0.858. The third-order valence-electron chi connectivity index (χ3n) is 5.65. The molecule has 1 saturated heterocycles. The number of amides is 1. The molecular weight excluding hydrogens is 230 g/mol. The van der Waals surface area contributed by atoms with Crippen molar-refractivity contribution in [1.82, 2.24) is 5.32 Å². The van der Waals surface area contributed by atoms with Crippen LogP contribution < -0.4 is 5.32 Å². The summed E-state index contributed by atoms with van der Waals surface area (Å²) in [5, 5.41) is 11.9. The van der Waals surface area contributed by atoms with E-state index in [1.807, 2.05) is 0 Å². The van der Waals surface area contributed by atoms with Crippen molar-refractivity contribution in [1.29, 1.82) is 0 Å². The third-order valence-corrected chi connectivity index (χ3v) is 5.65. The molecule has 3 aliphatic rings. The SMILES string of the molecule is O=C1CC2(CCC3(CCCC3)CC2)C(C(=O)O)N1. The second-order valence-electron chi connectivity index (χ2n) is 6.59. The summed E-state index contributed by atoms with van der Waals surface area (Å²) in [6.07, 6.45) is 9.73. The molecule has 2 N–H and O–H groups in total. The molecule has 2 aliphatic carbocycles. The van der Waals surface area contributed by atoms with Gasteiger partial charge in [0.25, 0.3) is 0 Å². The second-order valence-corrected chi connectivity index (χ2v) is 6.59. The largest absolute Gasteiger partial charge is 0.480 e. The van der Waals surface area contributed by atoms with Crippen molar-refractivity contribution < 1.29 is 14.7 Å². The summed E-state index contributed by atoms with van der Waals surface area (Å²) in [5.74, 6) is -0.937. The highest BCUT2D eigenvalue weighted by Crippen LogP contribution is 2.56. The molecule has 2 saturated carbocycles. The molecule has 1 heterocycles. The quantitative estimate of drug-likeness (QED) is 0.749. The first-order valence-corrected chi connectivity index (χ1v) is 7.08. The van der Waals surface area contributed by atoms with Crippen LogP contribution in [-0.2, 0) is 9.59 Å². The summed E-state index contributed by atoms with van der Waals surface area (Å²) in [7, 11) is 0. The Hall–Kier alpha value is -1.06. The summed E-state index contributed by atoms with van der Waals surface area (Å²) in [4.78, 5) is 22.9. The molecule has 4 nitrogen and oxygen atoms in total. The van der Waals surface area contributed by atoms with Gasteiger partial charge in [0.1, 0.15) is 6.04 Å². The van der Waals surface area contributed by atoms with Gasteiger partial charge >= 0.3 is 5.97 Å². The van der Waals surface area contributed by atoms with Crippen molar-refractivity contribution in [3.8, 4) is 0 Å². The number of hydrogen-bond donors (Lipinski definition) is 2. The Morgan fingerprint density at radius 2 is 1.72 bits per heavy atom. The lowest BCUT2D eigenvalue weighted by Gasteiger charge is -2.44. The van der Waals surface area contributed by atoms with Crippen molar-refractivity contribution in [2.75, 3.05) is 0 Å². The van der Waals surface area contributed by atoms with Crippen LogP contribution in [0.4, 0.5) is 0 Å². The number of hydrogen-bond acceptors (Lipinski definition) is 2. The topological polar surface area (TPSA) is 66.4 Å². The lowest BCUT2D eigenvalue weighted by molar-refractivity contribution is -0.143. The molecule has 4 heteroatoms. The van der Waals surface area contributed by atoms with E-state index in [2.05, 4.69) is 5.32 Å². The maximum Gasteiger partial charge on any atom is 0.326 e. The summed E-state index contributed by atoms with van der Waals surface area (Å²) >= 11 is 0. The van der Waals surface area contributed by atoms with Crippen molar-refractivity contribution in [3.63, 3.8) is 0 Å². The predicted molar refractivity (Wildman–Crippen MR) is 66.0 cm³/mol. The first-order chi connectivity index (χ1) is 8.55. The van der Waals surface area contributed by atoms with Gasteiger partial charge in [-0.15, -0.1) is 0 Å². The summed E-state index contributed by atoms with van der Waals surface area (Å²) in [5.41, 5.74) is 0.191. The Morgan fingerprint density at radius 1 is 1.11 bits per heavy atom. The number of carbonyl (C=O) groups is 2. The van der Waals surface area contributed by atoms with E-state index in [-0.39, 0.29) is 11.3 Å². The molecule has 0 aromatic heterocycles. The van der Waals surface area contributed by atoms with Gasteiger partial charge in [0, 0.05) is 11.8 Å². The predicted octanol–water partition coefficient (Wildman–Crippen LogP) is 2.08. The number of nitrogens with one attached hydrogen (secondary N) is 1. The van der Waals surface area contributed by atoms with Crippen LogP contribution in [0.15, 0.2) is 0 Å². The van der Waals surface area contributed by atoms with E-state index < -0.39 is 12.0 Å². The van der Waals surface area contributed by atoms with Gasteiger partial charge in [0.05, 0.1) is 0 Å². The summed E-state index contributed by atoms with van der Waals surface area (Å²) in [6.45, 7) is 0. The van der Waals surface area contributed by atoms with Gasteiger partial charge in [0.2, 0.25) is 5.91 Å². The number of carboxylic acids is 1. The van der Waals surface area contributed by atoms with E-state index in [1.54, 1.807) is 0 Å². The summed E-state index contributed by atoms with van der Waals surface area (Å²) in [6, 6.07) is -0.649. The van der Waals surface area contributed by atoms with Gasteiger partial charge in [-0.1, -0.05) is 12.8 Å². The van der Waals surface area contributed by atoms with Crippen LogP contribution >= 0.6 is 0 Å². The standard InChI is InChI=1S/C14H21NO3/c16-10-9-14(11(15-10)12(17)18)7-5-13(6-8-14)3-1-2-4-13/h11H,1-9H2,(H,15,16)(H,17,18). The Kier molecular flexibility index (Phi) is 2.65. The van der Waals surface area contributed by atoms with E-state index in [4.69, 9.17) is 0 Å². The first kappa shape index (κ1) is 12.0. The van der Waals surface area contributed by atoms with E-state index >= 15 is 0 Å². The molecule has 0 aromatic rings. The fourth-order valence-electron chi connectivity index (χ4n) is 4.48. The Bertz CT molecular complexity index is 375. The van der Waals surface area contributed by atoms with Crippen molar-refractivity contribution in [2.24, 2.45) is 10.8 Å². The van der Waals surface area contributed by atoms with Gasteiger partial charge in [0.15, 0.2) is 0 Å². The van der Waals surface area contributed by atoms with Crippen LogP contribution in [0, 0.1) is 10.8 Å². The lowest BCUT2D eigenvalue weighted by Crippen LogP contribution is -2.46. The molecule has 0 radical (unpaired) electrons. The summed E-state index contributed by atoms with van der Waals surface area (Å²) < 4.78 is 0. The van der Waals surface area contributed by atoms with Gasteiger partial charge in [-0.25, -0.2) is 4.79 Å². The molecular formula is C14H21NO3. The van der Waals surface area contributed by atoms with E-state index in [1.165, 1.54) is 25.7 Å². The number of carbonyl (C=O) groups excluding carboxylic acids is 1. The second kappa shape index (κ2) is 3.97. The Labute approximate surface area is 107 Å². The Morgan fingerprint density at radius 3 is 2.28 bits per heavy atom. The highest BCUT2D eigenvalue weighted by Gasteiger charge is 2.54. The molecule has 2 spiro atoms. The van der Waals surface area contributed by atoms with Crippen LogP contribution in [0.25, 0.3) is 0 Å². The molecule has 1 amide bonds. The normalized spacial score (nSPS) is 32.9. The van der Waals surface area contributed by atoms with Gasteiger partial charge in [-0.3, -0.25) is 4.79 Å². The average Bonchev–Trinajstić information content (AvgIpc) is 2.90. The van der Waals surface area contributed by atoms with E-state index in [0.717, 1.165) is 25.7 Å². The zero-order valence-corrected chi connectivity index (χ0v) is 10.7. The first-order valence-electron chi connectivity index (χ1n) is 7.08. The smallest absolute Gasteiger partial charge is 0.326 e. The third kappa shape index (κ3) is 1.73. The lowest BCUT2D eigenvalue weighted by atomic mass is 9.60. The van der Waals surface area contributed by atoms with Gasteiger partial charge in [-0.05, 0) is 43.9 Å². The molecule has 1 aliphatic heterocycles. The van der Waals surface area contributed by atoms with Gasteiger partial charge < -0.3 is 10.4 Å². The minimum absolute atomic E-state index is 0.0789. The Balaban J connectivity index is 1.77. The van der Waals surface area contributed by atoms with Crippen LogP contribution in [-0.4, -0.2) is 23.0 Å². The van der Waals surface area contributed by atoms with Crippen LogP contribution in [0.3, 0.4) is 0 Å². The number of carboxylic acid groups (broad SMARTS) is 1. The number of aliphatic carboxylic acids is 1. The highest BCUT2D eigenvalue weighted by atomic mass is 16.4. The van der Waals surface area contributed by atoms with Crippen LogP contribution in [0.2, 0.25) is 0 Å². The van der Waals surface area contributed by atoms with Crippen LogP contribution in [0.1, 0.15) is 57.8 Å². The zero-order valence-electron chi connectivity index (χ0n) is 10.7. The van der Waals surface area contributed by atoms with E-state index in [0.29, 0.717) is 11.8 Å². The maximum absolute atomic E-state index is 11.6. The van der Waals surface area contributed by atoms with Crippen LogP contribution in [0.5, 0.6) is 0 Å². The number of rotatable bonds is 1. The van der Waals surface area contributed by atoms with Crippen molar-refractivity contribution >= 4 is 11.9 Å². The average molecular weight is 251 g/mol. The molecule has 1 unspecified atom stereocenters. The molecule has 0 bridgehead atoms. The monoisotopic (exact) mass is 251 g/mol. The molecule has 1 atom stereocenters. The fraction of sp³-hybridized carbons (Fsp3) is 0.857. The maximum atomic E-state index is 11.6.